The zero-order valence-electron chi connectivity index (χ0n) is 11.3. The third kappa shape index (κ3) is 4.53. The topological polar surface area (TPSA) is 29.0 Å². The van der Waals surface area contributed by atoms with Gasteiger partial charge in [-0.3, -0.25) is 0 Å². The van der Waals surface area contributed by atoms with E-state index in [1.54, 1.807) is 4.90 Å². The molecule has 0 N–H and O–H groups in total. The van der Waals surface area contributed by atoms with E-state index in [-0.39, 0.29) is 17.0 Å². The Balaban J connectivity index is 3.20. The lowest BCUT2D eigenvalue weighted by atomic mass is 10.2. The molecule has 1 rings (SSSR count). The molecule has 0 fully saturated rings. The number of hydrogen-bond acceptors (Lipinski definition) is 3. The molecule has 0 saturated carbocycles. The highest BCUT2D eigenvalue weighted by atomic mass is 35.5. The molecule has 7 heteroatoms. The highest BCUT2D eigenvalue weighted by molar-refractivity contribution is 6.29. The molecule has 0 bridgehead atoms. The SMILES string of the molecule is CC(C)CN(c1cc(Cl)nc(C(F)(F)F)n1)C(C)C. The first-order chi connectivity index (χ1) is 8.61. The summed E-state index contributed by atoms with van der Waals surface area (Å²) in [5.74, 6) is -0.703. The number of halogens is 4. The summed E-state index contributed by atoms with van der Waals surface area (Å²) in [5.41, 5.74) is 0. The van der Waals surface area contributed by atoms with Gasteiger partial charge in [0.1, 0.15) is 11.0 Å². The van der Waals surface area contributed by atoms with Crippen LogP contribution in [0.5, 0.6) is 0 Å². The van der Waals surface area contributed by atoms with E-state index in [9.17, 15) is 13.2 Å². The van der Waals surface area contributed by atoms with Crippen LogP contribution in [-0.4, -0.2) is 22.6 Å². The van der Waals surface area contributed by atoms with Gasteiger partial charge in [-0.25, -0.2) is 9.97 Å². The van der Waals surface area contributed by atoms with Crippen molar-refractivity contribution < 1.29 is 13.2 Å². The van der Waals surface area contributed by atoms with Gasteiger partial charge in [-0.15, -0.1) is 0 Å². The van der Waals surface area contributed by atoms with E-state index >= 15 is 0 Å². The monoisotopic (exact) mass is 295 g/mol. The Morgan fingerprint density at radius 1 is 1.21 bits per heavy atom. The Labute approximate surface area is 115 Å². The molecule has 0 aliphatic rings. The number of aromatic nitrogens is 2. The van der Waals surface area contributed by atoms with Gasteiger partial charge >= 0.3 is 6.18 Å². The molecule has 0 spiro atoms. The molecule has 0 aliphatic carbocycles. The van der Waals surface area contributed by atoms with Crippen molar-refractivity contribution in [2.45, 2.75) is 39.9 Å². The number of rotatable bonds is 4. The fourth-order valence-electron chi connectivity index (χ4n) is 1.64. The number of anilines is 1. The summed E-state index contributed by atoms with van der Waals surface area (Å²) in [7, 11) is 0. The highest BCUT2D eigenvalue weighted by Gasteiger charge is 2.36. The van der Waals surface area contributed by atoms with E-state index in [2.05, 4.69) is 9.97 Å². The first kappa shape index (κ1) is 16.0. The van der Waals surface area contributed by atoms with Crippen molar-refractivity contribution in [1.82, 2.24) is 9.97 Å². The lowest BCUT2D eigenvalue weighted by Gasteiger charge is -2.30. The van der Waals surface area contributed by atoms with Crippen LogP contribution in [0.1, 0.15) is 33.5 Å². The van der Waals surface area contributed by atoms with E-state index in [4.69, 9.17) is 11.6 Å². The Morgan fingerprint density at radius 3 is 2.21 bits per heavy atom. The first-order valence-electron chi connectivity index (χ1n) is 5.99. The van der Waals surface area contributed by atoms with E-state index in [0.29, 0.717) is 12.5 Å². The number of alkyl halides is 3. The van der Waals surface area contributed by atoms with Crippen molar-refractivity contribution >= 4 is 17.4 Å². The molecule has 108 valence electrons. The Morgan fingerprint density at radius 2 is 1.79 bits per heavy atom. The second-order valence-electron chi connectivity index (χ2n) is 5.01. The van der Waals surface area contributed by atoms with E-state index in [1.807, 2.05) is 27.7 Å². The molecule has 3 nitrogen and oxygen atoms in total. The summed E-state index contributed by atoms with van der Waals surface area (Å²) in [6.45, 7) is 8.37. The minimum Gasteiger partial charge on any atom is -0.354 e. The van der Waals surface area contributed by atoms with Crippen molar-refractivity contribution in [3.63, 3.8) is 0 Å². The zero-order chi connectivity index (χ0) is 14.8. The standard InChI is InChI=1S/C12H17ClF3N3/c1-7(2)6-19(8(3)4)10-5-9(13)17-11(18-10)12(14,15)16/h5,7-8H,6H2,1-4H3. The van der Waals surface area contributed by atoms with Crippen LogP contribution in [0.4, 0.5) is 19.0 Å². The summed E-state index contributed by atoms with van der Waals surface area (Å²) in [4.78, 5) is 8.60. The number of nitrogens with zero attached hydrogens (tertiary/aromatic N) is 3. The second kappa shape index (κ2) is 5.94. The summed E-state index contributed by atoms with van der Waals surface area (Å²) in [6.07, 6.45) is -4.60. The predicted octanol–water partition coefficient (Wildman–Crippen LogP) is 4.02. The molecule has 1 aromatic heterocycles. The van der Waals surface area contributed by atoms with Gasteiger partial charge in [0.25, 0.3) is 0 Å². The lowest BCUT2D eigenvalue weighted by Crippen LogP contribution is -2.35. The van der Waals surface area contributed by atoms with Gasteiger partial charge in [0.15, 0.2) is 0 Å². The molecule has 0 atom stereocenters. The van der Waals surface area contributed by atoms with Crippen LogP contribution in [-0.2, 0) is 6.18 Å². The minimum absolute atomic E-state index is 0.0226. The van der Waals surface area contributed by atoms with Gasteiger partial charge in [0.2, 0.25) is 5.82 Å². The molecule has 0 aromatic carbocycles. The summed E-state index contributed by atoms with van der Waals surface area (Å²) in [5, 5.41) is -0.202. The molecule has 1 aromatic rings. The van der Waals surface area contributed by atoms with Gasteiger partial charge in [-0.1, -0.05) is 25.4 Å². The minimum atomic E-state index is -4.60. The van der Waals surface area contributed by atoms with Crippen LogP contribution in [0.15, 0.2) is 6.07 Å². The van der Waals surface area contributed by atoms with Gasteiger partial charge in [0.05, 0.1) is 0 Å². The Kier molecular flexibility index (Phi) is 5.01. The van der Waals surface area contributed by atoms with Crippen molar-refractivity contribution in [3.05, 3.63) is 17.0 Å². The molecule has 0 unspecified atom stereocenters. The molecule has 0 saturated heterocycles. The van der Waals surface area contributed by atoms with Crippen LogP contribution < -0.4 is 4.90 Å². The van der Waals surface area contributed by atoms with Gasteiger partial charge in [0, 0.05) is 18.7 Å². The van der Waals surface area contributed by atoms with Crippen LogP contribution >= 0.6 is 11.6 Å². The number of hydrogen-bond donors (Lipinski definition) is 0. The maximum absolute atomic E-state index is 12.7. The van der Waals surface area contributed by atoms with E-state index < -0.39 is 12.0 Å². The molecule has 19 heavy (non-hydrogen) atoms. The molecular weight excluding hydrogens is 279 g/mol. The smallest absolute Gasteiger partial charge is 0.354 e. The molecular formula is C12H17ClF3N3. The Hall–Kier alpha value is -1.04. The third-order valence-electron chi connectivity index (χ3n) is 2.41. The fraction of sp³-hybridized carbons (Fsp3) is 0.667. The van der Waals surface area contributed by atoms with Gasteiger partial charge in [-0.05, 0) is 19.8 Å². The van der Waals surface area contributed by atoms with Crippen molar-refractivity contribution in [1.29, 1.82) is 0 Å². The van der Waals surface area contributed by atoms with Crippen molar-refractivity contribution in [2.75, 3.05) is 11.4 Å². The normalized spacial score (nSPS) is 12.3. The van der Waals surface area contributed by atoms with Crippen molar-refractivity contribution in [3.8, 4) is 0 Å². The quantitative estimate of drug-likeness (QED) is 0.786. The van der Waals surface area contributed by atoms with Crippen LogP contribution in [0.25, 0.3) is 0 Å². The van der Waals surface area contributed by atoms with Crippen LogP contribution in [0, 0.1) is 5.92 Å². The van der Waals surface area contributed by atoms with Crippen molar-refractivity contribution in [2.24, 2.45) is 5.92 Å². The molecule has 1 heterocycles. The maximum atomic E-state index is 12.7. The Bertz CT molecular complexity index is 433. The summed E-state index contributed by atoms with van der Waals surface area (Å²) >= 11 is 5.66. The molecule has 0 amide bonds. The fourth-order valence-corrected chi connectivity index (χ4v) is 1.82. The first-order valence-corrected chi connectivity index (χ1v) is 6.37. The van der Waals surface area contributed by atoms with Gasteiger partial charge < -0.3 is 4.90 Å². The highest BCUT2D eigenvalue weighted by Crippen LogP contribution is 2.29. The molecule has 0 radical (unpaired) electrons. The lowest BCUT2D eigenvalue weighted by molar-refractivity contribution is -0.144. The third-order valence-corrected chi connectivity index (χ3v) is 2.61. The van der Waals surface area contributed by atoms with Crippen LogP contribution in [0.3, 0.4) is 0 Å². The average molecular weight is 296 g/mol. The predicted molar refractivity (Wildman–Crippen MR) is 69.4 cm³/mol. The average Bonchev–Trinajstić information content (AvgIpc) is 2.23. The zero-order valence-corrected chi connectivity index (χ0v) is 12.0. The van der Waals surface area contributed by atoms with E-state index in [0.717, 1.165) is 0 Å². The maximum Gasteiger partial charge on any atom is 0.451 e. The van der Waals surface area contributed by atoms with Crippen LogP contribution in [0.2, 0.25) is 5.15 Å². The summed E-state index contributed by atoms with van der Waals surface area (Å²) in [6, 6.07) is 1.38. The van der Waals surface area contributed by atoms with Gasteiger partial charge in [-0.2, -0.15) is 13.2 Å². The largest absolute Gasteiger partial charge is 0.451 e. The molecule has 0 aliphatic heterocycles. The summed E-state index contributed by atoms with van der Waals surface area (Å²) < 4.78 is 38.0. The van der Waals surface area contributed by atoms with E-state index in [1.165, 1.54) is 6.07 Å². The second-order valence-corrected chi connectivity index (χ2v) is 5.40.